The fourth-order valence-electron chi connectivity index (χ4n) is 3.12. The number of rotatable bonds is 10. The maximum atomic E-state index is 13.4. The molecule has 0 aliphatic carbocycles. The lowest BCUT2D eigenvalue weighted by Crippen LogP contribution is -2.31. The highest BCUT2D eigenvalue weighted by atomic mass is 32.2. The van der Waals surface area contributed by atoms with E-state index >= 15 is 0 Å². The number of halogens is 3. The first-order valence-corrected chi connectivity index (χ1v) is 12.2. The SMILES string of the molecule is Cc1ccc(-c2cc(C(F)(F)F)nn2-c2ccc(S(=O)(=O)NC(=O)OCCCCO[N+](=O)[O-])cc2)cc1. The normalized spacial score (nSPS) is 11.7. The number of nitrogens with one attached hydrogen (secondary N) is 1. The summed E-state index contributed by atoms with van der Waals surface area (Å²) < 4.78 is 72.5. The molecule has 3 rings (SSSR count). The Morgan fingerprint density at radius 1 is 1.08 bits per heavy atom. The van der Waals surface area contributed by atoms with E-state index in [2.05, 4.69) is 9.94 Å². The zero-order valence-electron chi connectivity index (χ0n) is 19.3. The Kier molecular flexibility index (Phi) is 8.37. The monoisotopic (exact) mass is 542 g/mol. The first kappa shape index (κ1) is 27.4. The van der Waals surface area contributed by atoms with E-state index in [0.717, 1.165) is 28.4 Å². The maximum Gasteiger partial charge on any atom is 0.435 e. The third-order valence-corrected chi connectivity index (χ3v) is 6.25. The van der Waals surface area contributed by atoms with Gasteiger partial charge in [0, 0.05) is 5.56 Å². The van der Waals surface area contributed by atoms with E-state index in [0.29, 0.717) is 5.56 Å². The van der Waals surface area contributed by atoms with Crippen LogP contribution >= 0.6 is 0 Å². The highest BCUT2D eigenvalue weighted by Crippen LogP contribution is 2.33. The van der Waals surface area contributed by atoms with Crippen molar-refractivity contribution in [2.45, 2.75) is 30.8 Å². The quantitative estimate of drug-likeness (QED) is 0.227. The number of sulfonamides is 1. The van der Waals surface area contributed by atoms with E-state index in [1.54, 1.807) is 29.0 Å². The number of carbonyl (C=O) groups is 1. The van der Waals surface area contributed by atoms with Crippen LogP contribution in [-0.4, -0.2) is 42.6 Å². The fraction of sp³-hybridized carbons (Fsp3) is 0.273. The summed E-state index contributed by atoms with van der Waals surface area (Å²) in [6, 6.07) is 12.4. The first-order valence-electron chi connectivity index (χ1n) is 10.7. The van der Waals surface area contributed by atoms with Gasteiger partial charge in [0.15, 0.2) is 5.69 Å². The fourth-order valence-corrected chi connectivity index (χ4v) is 4.01. The van der Waals surface area contributed by atoms with Crippen molar-refractivity contribution in [3.8, 4) is 16.9 Å². The Morgan fingerprint density at radius 3 is 2.30 bits per heavy atom. The van der Waals surface area contributed by atoms with Crippen LogP contribution in [0.1, 0.15) is 24.1 Å². The Morgan fingerprint density at radius 2 is 1.70 bits per heavy atom. The summed E-state index contributed by atoms with van der Waals surface area (Å²) in [5.41, 5.74) is 0.571. The second-order valence-corrected chi connectivity index (χ2v) is 9.37. The molecule has 3 aromatic rings. The van der Waals surface area contributed by atoms with Crippen molar-refractivity contribution in [1.29, 1.82) is 0 Å². The number of alkyl halides is 3. The maximum absolute atomic E-state index is 13.4. The zero-order valence-corrected chi connectivity index (χ0v) is 20.1. The molecule has 0 radical (unpaired) electrons. The molecule has 1 N–H and O–H groups in total. The van der Waals surface area contributed by atoms with Gasteiger partial charge < -0.3 is 9.57 Å². The summed E-state index contributed by atoms with van der Waals surface area (Å²) in [7, 11) is -4.35. The van der Waals surface area contributed by atoms with Gasteiger partial charge in [-0.05, 0) is 50.1 Å². The van der Waals surface area contributed by atoms with Crippen molar-refractivity contribution in [3.05, 3.63) is 76.0 Å². The van der Waals surface area contributed by atoms with Gasteiger partial charge in [-0.25, -0.2) is 22.6 Å². The molecule has 0 saturated heterocycles. The molecule has 0 aliphatic heterocycles. The highest BCUT2D eigenvalue weighted by Gasteiger charge is 2.35. The Bertz CT molecular complexity index is 1360. The van der Waals surface area contributed by atoms with Crippen LogP contribution in [0.4, 0.5) is 18.0 Å². The van der Waals surface area contributed by atoms with Gasteiger partial charge >= 0.3 is 12.3 Å². The van der Waals surface area contributed by atoms with Crippen LogP contribution in [0.3, 0.4) is 0 Å². The number of unbranched alkanes of at least 4 members (excludes halogenated alkanes) is 1. The van der Waals surface area contributed by atoms with Crippen LogP contribution in [0.25, 0.3) is 16.9 Å². The van der Waals surface area contributed by atoms with Crippen molar-refractivity contribution in [1.82, 2.24) is 14.5 Å². The molecule has 198 valence electrons. The molecule has 0 unspecified atom stereocenters. The number of aryl methyl sites for hydroxylation is 1. The largest absolute Gasteiger partial charge is 0.449 e. The molecule has 1 aromatic heterocycles. The van der Waals surface area contributed by atoms with E-state index in [9.17, 15) is 36.5 Å². The zero-order chi connectivity index (χ0) is 27.2. The van der Waals surface area contributed by atoms with Crippen LogP contribution in [0, 0.1) is 17.0 Å². The molecule has 0 spiro atoms. The van der Waals surface area contributed by atoms with Gasteiger partial charge in [-0.2, -0.15) is 18.3 Å². The molecule has 0 fully saturated rings. The first-order chi connectivity index (χ1) is 17.4. The van der Waals surface area contributed by atoms with Gasteiger partial charge in [-0.1, -0.05) is 29.8 Å². The van der Waals surface area contributed by atoms with Gasteiger partial charge in [-0.15, -0.1) is 10.1 Å². The molecule has 37 heavy (non-hydrogen) atoms. The summed E-state index contributed by atoms with van der Waals surface area (Å²) in [5, 5.41) is 12.7. The van der Waals surface area contributed by atoms with E-state index in [-0.39, 0.29) is 42.3 Å². The van der Waals surface area contributed by atoms with E-state index in [1.165, 1.54) is 12.1 Å². The molecule has 0 bridgehead atoms. The van der Waals surface area contributed by atoms with Crippen molar-refractivity contribution < 1.29 is 41.0 Å². The summed E-state index contributed by atoms with van der Waals surface area (Å²) in [6.07, 6.45) is -5.56. The second kappa shape index (κ2) is 11.3. The van der Waals surface area contributed by atoms with Crippen LogP contribution < -0.4 is 4.72 Å². The van der Waals surface area contributed by atoms with Gasteiger partial charge in [0.2, 0.25) is 0 Å². The van der Waals surface area contributed by atoms with Crippen LogP contribution in [0.5, 0.6) is 0 Å². The third kappa shape index (κ3) is 7.42. The molecule has 15 heteroatoms. The molecule has 0 saturated carbocycles. The number of nitrogens with zero attached hydrogens (tertiary/aromatic N) is 3. The van der Waals surface area contributed by atoms with Crippen molar-refractivity contribution >= 4 is 16.1 Å². The van der Waals surface area contributed by atoms with Crippen LogP contribution in [-0.2, 0) is 25.8 Å². The number of aromatic nitrogens is 2. The van der Waals surface area contributed by atoms with Gasteiger partial charge in [-0.3, -0.25) is 0 Å². The smallest absolute Gasteiger partial charge is 0.435 e. The number of hydrogen-bond donors (Lipinski definition) is 1. The highest BCUT2D eigenvalue weighted by molar-refractivity contribution is 7.90. The predicted octanol–water partition coefficient (Wildman–Crippen LogP) is 4.27. The van der Waals surface area contributed by atoms with Crippen LogP contribution in [0.2, 0.25) is 0 Å². The molecule has 0 atom stereocenters. The number of ether oxygens (including phenoxy) is 1. The Hall–Kier alpha value is -4.14. The summed E-state index contributed by atoms with van der Waals surface area (Å²) >= 11 is 0. The average Bonchev–Trinajstić information content (AvgIpc) is 3.27. The molecule has 0 aliphatic rings. The molecular formula is C22H21F3N4O7S. The lowest BCUT2D eigenvalue weighted by atomic mass is 10.1. The van der Waals surface area contributed by atoms with Crippen molar-refractivity contribution in [2.24, 2.45) is 0 Å². The second-order valence-electron chi connectivity index (χ2n) is 7.69. The molecule has 2 aromatic carbocycles. The standard InChI is InChI=1S/C22H21F3N4O7S/c1-15-4-6-16(7-5-15)19-14-20(22(23,24)25)26-28(19)17-8-10-18(11-9-17)37(33,34)27-21(30)35-12-2-3-13-36-29(31)32/h4-11,14H,2-3,12-13H2,1H3,(H,27,30). The minimum atomic E-state index is -4.70. The minimum Gasteiger partial charge on any atom is -0.449 e. The topological polar surface area (TPSA) is 143 Å². The Labute approximate surface area is 209 Å². The van der Waals surface area contributed by atoms with Crippen molar-refractivity contribution in [3.63, 3.8) is 0 Å². The van der Waals surface area contributed by atoms with Gasteiger partial charge in [0.1, 0.15) is 0 Å². The number of carbonyl (C=O) groups excluding carboxylic acids is 1. The predicted molar refractivity (Wildman–Crippen MR) is 123 cm³/mol. The van der Waals surface area contributed by atoms with E-state index < -0.39 is 33.1 Å². The molecule has 11 nitrogen and oxygen atoms in total. The number of hydrogen-bond acceptors (Lipinski definition) is 8. The van der Waals surface area contributed by atoms with E-state index in [1.807, 2.05) is 6.92 Å². The number of benzene rings is 2. The van der Waals surface area contributed by atoms with Gasteiger partial charge in [0.25, 0.3) is 15.1 Å². The Balaban J connectivity index is 1.74. The lowest BCUT2D eigenvalue weighted by molar-refractivity contribution is -0.757. The summed E-state index contributed by atoms with van der Waals surface area (Å²) in [6.45, 7) is 1.43. The number of amides is 1. The third-order valence-electron chi connectivity index (χ3n) is 4.92. The summed E-state index contributed by atoms with van der Waals surface area (Å²) in [5.74, 6) is 0. The van der Waals surface area contributed by atoms with Gasteiger partial charge in [0.05, 0.1) is 29.5 Å². The molecule has 1 heterocycles. The average molecular weight is 542 g/mol. The molecule has 1 amide bonds. The van der Waals surface area contributed by atoms with Crippen molar-refractivity contribution in [2.75, 3.05) is 13.2 Å². The minimum absolute atomic E-state index is 0.147. The van der Waals surface area contributed by atoms with Crippen LogP contribution in [0.15, 0.2) is 59.5 Å². The summed E-state index contributed by atoms with van der Waals surface area (Å²) in [4.78, 5) is 25.6. The molecular weight excluding hydrogens is 521 g/mol. The lowest BCUT2D eigenvalue weighted by Gasteiger charge is -2.10. The van der Waals surface area contributed by atoms with E-state index in [4.69, 9.17) is 4.74 Å².